The first-order chi connectivity index (χ1) is 14.7. The average molecular weight is 453 g/mol. The van der Waals surface area contributed by atoms with Crippen molar-refractivity contribution in [2.45, 2.75) is 39.4 Å². The van der Waals surface area contributed by atoms with Crippen molar-refractivity contribution in [3.63, 3.8) is 0 Å². The molecule has 0 saturated carbocycles. The van der Waals surface area contributed by atoms with Crippen molar-refractivity contribution in [2.75, 3.05) is 29.5 Å². The van der Waals surface area contributed by atoms with Gasteiger partial charge in [-0.2, -0.15) is 28.4 Å². The number of benzene rings is 1. The van der Waals surface area contributed by atoms with Gasteiger partial charge in [0.15, 0.2) is 11.4 Å². The lowest BCUT2D eigenvalue weighted by Crippen LogP contribution is -2.36. The maximum Gasteiger partial charge on any atom is 0.416 e. The van der Waals surface area contributed by atoms with Crippen LogP contribution in [0.2, 0.25) is 0 Å². The lowest BCUT2D eigenvalue weighted by molar-refractivity contribution is -0.137. The van der Waals surface area contributed by atoms with Crippen LogP contribution in [0.25, 0.3) is 0 Å². The van der Waals surface area contributed by atoms with Gasteiger partial charge in [0.1, 0.15) is 12.1 Å². The molecule has 1 atom stereocenters. The maximum absolute atomic E-state index is 12.9. The van der Waals surface area contributed by atoms with E-state index in [0.29, 0.717) is 6.42 Å². The van der Waals surface area contributed by atoms with Crippen molar-refractivity contribution in [3.05, 3.63) is 35.4 Å². The van der Waals surface area contributed by atoms with E-state index in [1.165, 1.54) is 12.1 Å². The van der Waals surface area contributed by atoms with E-state index in [1.54, 1.807) is 6.92 Å². The van der Waals surface area contributed by atoms with E-state index in [-0.39, 0.29) is 55.9 Å². The molecule has 32 heavy (non-hydrogen) atoms. The van der Waals surface area contributed by atoms with Crippen molar-refractivity contribution in [1.82, 2.24) is 9.97 Å². The highest BCUT2D eigenvalue weighted by molar-refractivity contribution is 5.96. The van der Waals surface area contributed by atoms with Gasteiger partial charge in [0.2, 0.25) is 17.7 Å². The first-order valence-corrected chi connectivity index (χ1v) is 9.34. The van der Waals surface area contributed by atoms with Crippen LogP contribution in [0.1, 0.15) is 38.3 Å². The summed E-state index contributed by atoms with van der Waals surface area (Å²) in [6, 6.07) is 5.19. The SMILES string of the molecule is C.CCOc1nc(N)nc(N[C@@H](CCCN)C(=O)Nc2cccc(C(F)(F)F)c2)c1C#N. The van der Waals surface area contributed by atoms with E-state index in [1.807, 2.05) is 6.07 Å². The van der Waals surface area contributed by atoms with Gasteiger partial charge >= 0.3 is 6.18 Å². The number of nitrogen functional groups attached to an aromatic ring is 1. The number of carbonyl (C=O) groups is 1. The van der Waals surface area contributed by atoms with E-state index in [2.05, 4.69) is 20.6 Å². The molecule has 0 radical (unpaired) electrons. The Morgan fingerprint density at radius 3 is 2.66 bits per heavy atom. The van der Waals surface area contributed by atoms with Gasteiger partial charge in [-0.3, -0.25) is 4.79 Å². The van der Waals surface area contributed by atoms with Gasteiger partial charge in [0.05, 0.1) is 12.2 Å². The van der Waals surface area contributed by atoms with E-state index < -0.39 is 23.7 Å². The molecule has 9 nitrogen and oxygen atoms in total. The summed E-state index contributed by atoms with van der Waals surface area (Å²) < 4.78 is 44.1. The summed E-state index contributed by atoms with van der Waals surface area (Å²) in [4.78, 5) is 20.6. The zero-order valence-corrected chi connectivity index (χ0v) is 16.7. The number of alkyl halides is 3. The Bertz CT molecular complexity index is 961. The summed E-state index contributed by atoms with van der Waals surface area (Å²) in [6.07, 6.45) is -3.90. The van der Waals surface area contributed by atoms with Crippen molar-refractivity contribution >= 4 is 23.4 Å². The number of carbonyl (C=O) groups excluding carboxylic acids is 1. The minimum atomic E-state index is -4.55. The number of nitrogens with two attached hydrogens (primary N) is 2. The lowest BCUT2D eigenvalue weighted by Gasteiger charge is -2.20. The Morgan fingerprint density at radius 1 is 1.34 bits per heavy atom. The Hall–Kier alpha value is -3.59. The highest BCUT2D eigenvalue weighted by Crippen LogP contribution is 2.31. The molecular weight excluding hydrogens is 427 g/mol. The summed E-state index contributed by atoms with van der Waals surface area (Å²) in [7, 11) is 0. The van der Waals surface area contributed by atoms with Gasteiger partial charge in [-0.05, 0) is 44.5 Å². The van der Waals surface area contributed by atoms with Crippen LogP contribution in [0.4, 0.5) is 30.6 Å². The molecule has 2 rings (SSSR count). The third kappa shape index (κ3) is 6.98. The molecule has 2 aromatic rings. The van der Waals surface area contributed by atoms with Crippen molar-refractivity contribution in [3.8, 4) is 11.9 Å². The molecule has 6 N–H and O–H groups in total. The van der Waals surface area contributed by atoms with Gasteiger partial charge in [0, 0.05) is 5.69 Å². The van der Waals surface area contributed by atoms with Crippen molar-refractivity contribution in [1.29, 1.82) is 5.26 Å². The number of halogens is 3. The van der Waals surface area contributed by atoms with E-state index in [4.69, 9.17) is 16.2 Å². The summed E-state index contributed by atoms with van der Waals surface area (Å²) in [6.45, 7) is 2.19. The number of nitriles is 1. The van der Waals surface area contributed by atoms with Crippen molar-refractivity contribution < 1.29 is 22.7 Å². The predicted octanol–water partition coefficient (Wildman–Crippen LogP) is 3.14. The number of aromatic nitrogens is 2. The fourth-order valence-corrected chi connectivity index (χ4v) is 2.66. The number of anilines is 3. The van der Waals surface area contributed by atoms with Crippen LogP contribution in [-0.4, -0.2) is 35.1 Å². The first kappa shape index (κ1) is 26.4. The smallest absolute Gasteiger partial charge is 0.416 e. The van der Waals surface area contributed by atoms with E-state index >= 15 is 0 Å². The predicted molar refractivity (Wildman–Crippen MR) is 115 cm³/mol. The Labute approximate surface area is 184 Å². The van der Waals surface area contributed by atoms with Crippen LogP contribution in [0.15, 0.2) is 24.3 Å². The molecule has 0 aliphatic rings. The van der Waals surface area contributed by atoms with Gasteiger partial charge in [-0.1, -0.05) is 13.5 Å². The summed E-state index contributed by atoms with van der Waals surface area (Å²) >= 11 is 0. The average Bonchev–Trinajstić information content (AvgIpc) is 2.70. The second-order valence-electron chi connectivity index (χ2n) is 6.35. The molecule has 1 aromatic heterocycles. The molecule has 174 valence electrons. The number of ether oxygens (including phenoxy) is 1. The first-order valence-electron chi connectivity index (χ1n) is 9.34. The normalized spacial score (nSPS) is 11.6. The monoisotopic (exact) mass is 453 g/mol. The van der Waals surface area contributed by atoms with Crippen LogP contribution < -0.4 is 26.8 Å². The van der Waals surface area contributed by atoms with Crippen molar-refractivity contribution in [2.24, 2.45) is 5.73 Å². The topological polar surface area (TPSA) is 152 Å². The minimum absolute atomic E-state index is 0. The molecule has 1 amide bonds. The van der Waals surface area contributed by atoms with Gasteiger partial charge in [-0.15, -0.1) is 0 Å². The fourth-order valence-electron chi connectivity index (χ4n) is 2.66. The zero-order chi connectivity index (χ0) is 23.0. The largest absolute Gasteiger partial charge is 0.477 e. The third-order valence-corrected chi connectivity index (χ3v) is 4.07. The van der Waals surface area contributed by atoms with Crippen LogP contribution in [0, 0.1) is 11.3 Å². The molecule has 0 aliphatic heterocycles. The Morgan fingerprint density at radius 2 is 2.06 bits per heavy atom. The second kappa shape index (κ2) is 11.7. The molecule has 1 aromatic carbocycles. The fraction of sp³-hybridized carbons (Fsp3) is 0.400. The molecule has 0 spiro atoms. The standard InChI is InChI=1S/C19H22F3N7O2.CH4/c1-2-31-17-13(10-24)15(28-18(25)29-17)27-14(7-4-8-23)16(30)26-12-6-3-5-11(9-12)19(20,21)22;/h3,5-6,9,14H,2,4,7-8,23H2,1H3,(H,26,30)(H3,25,27,28,29);1H4/t14-;/m0./s1. The number of nitrogens with one attached hydrogen (secondary N) is 2. The second-order valence-corrected chi connectivity index (χ2v) is 6.35. The molecule has 0 aliphatic carbocycles. The number of hydrogen-bond donors (Lipinski definition) is 4. The van der Waals surface area contributed by atoms with Crippen LogP contribution in [0.5, 0.6) is 5.88 Å². The summed E-state index contributed by atoms with van der Waals surface area (Å²) in [5, 5.41) is 14.7. The van der Waals surface area contributed by atoms with E-state index in [9.17, 15) is 23.2 Å². The number of amides is 1. The Balaban J connectivity index is 0.00000512. The highest BCUT2D eigenvalue weighted by Gasteiger charge is 2.31. The van der Waals surface area contributed by atoms with Crippen LogP contribution >= 0.6 is 0 Å². The molecule has 0 bridgehead atoms. The van der Waals surface area contributed by atoms with Crippen LogP contribution in [-0.2, 0) is 11.0 Å². The van der Waals surface area contributed by atoms with Crippen LogP contribution in [0.3, 0.4) is 0 Å². The van der Waals surface area contributed by atoms with E-state index in [0.717, 1.165) is 12.1 Å². The minimum Gasteiger partial charge on any atom is -0.477 e. The third-order valence-electron chi connectivity index (χ3n) is 4.07. The maximum atomic E-state index is 12.9. The number of rotatable bonds is 9. The molecule has 0 saturated heterocycles. The number of hydrogen-bond acceptors (Lipinski definition) is 8. The molecule has 0 unspecified atom stereocenters. The van der Waals surface area contributed by atoms with Gasteiger partial charge in [-0.25, -0.2) is 0 Å². The lowest BCUT2D eigenvalue weighted by atomic mass is 10.1. The molecule has 12 heteroatoms. The zero-order valence-electron chi connectivity index (χ0n) is 16.7. The van der Waals surface area contributed by atoms with Gasteiger partial charge < -0.3 is 26.8 Å². The Kier molecular flexibility index (Phi) is 9.68. The molecule has 1 heterocycles. The molecule has 0 fully saturated rings. The highest BCUT2D eigenvalue weighted by atomic mass is 19.4. The summed E-state index contributed by atoms with van der Waals surface area (Å²) in [5.74, 6) is -0.886. The summed E-state index contributed by atoms with van der Waals surface area (Å²) in [5.41, 5.74) is 10.2. The quantitative estimate of drug-likeness (QED) is 0.452. The number of nitrogens with zero attached hydrogens (tertiary/aromatic N) is 3. The van der Waals surface area contributed by atoms with Gasteiger partial charge in [0.25, 0.3) is 0 Å². The molecular formula is C20H26F3N7O2.